The summed E-state index contributed by atoms with van der Waals surface area (Å²) in [6.45, 7) is 1.48. The molecule has 23 heavy (non-hydrogen) atoms. The zero-order valence-corrected chi connectivity index (χ0v) is 12.8. The van der Waals surface area contributed by atoms with Crippen molar-refractivity contribution in [1.29, 1.82) is 0 Å². The lowest BCUT2D eigenvalue weighted by molar-refractivity contribution is -0.145. The van der Waals surface area contributed by atoms with E-state index in [4.69, 9.17) is 9.47 Å². The summed E-state index contributed by atoms with van der Waals surface area (Å²) in [7, 11) is 0. The van der Waals surface area contributed by atoms with Gasteiger partial charge in [0.25, 0.3) is 0 Å². The molecule has 122 valence electrons. The van der Waals surface area contributed by atoms with E-state index < -0.39 is 11.8 Å². The van der Waals surface area contributed by atoms with Gasteiger partial charge in [-0.1, -0.05) is 12.8 Å². The van der Waals surface area contributed by atoms with Crippen LogP contribution < -0.4 is 14.9 Å². The summed E-state index contributed by atoms with van der Waals surface area (Å²) in [5.74, 6) is 0.0991. The predicted molar refractivity (Wildman–Crippen MR) is 83.3 cm³/mol. The first-order valence-electron chi connectivity index (χ1n) is 7.76. The van der Waals surface area contributed by atoms with Crippen molar-refractivity contribution in [2.24, 2.45) is 5.10 Å². The molecule has 0 radical (unpaired) electrons. The Morgan fingerprint density at radius 3 is 2.61 bits per heavy atom. The van der Waals surface area contributed by atoms with E-state index in [0.29, 0.717) is 24.6 Å². The third-order valence-electron chi connectivity index (χ3n) is 3.86. The van der Waals surface area contributed by atoms with Gasteiger partial charge in [-0.05, 0) is 36.6 Å². The Balaban J connectivity index is 1.54. The molecule has 0 saturated carbocycles. The van der Waals surface area contributed by atoms with Crippen molar-refractivity contribution in [2.75, 3.05) is 19.9 Å². The van der Waals surface area contributed by atoms with Crippen molar-refractivity contribution in [2.45, 2.75) is 25.7 Å². The number of fused-ring (bicyclic) bond motifs is 1. The number of likely N-dealkylation sites (tertiary alicyclic amines) is 1. The minimum absolute atomic E-state index is 0.205. The topological polar surface area (TPSA) is 80.2 Å². The van der Waals surface area contributed by atoms with Crippen LogP contribution in [0.2, 0.25) is 0 Å². The van der Waals surface area contributed by atoms with E-state index in [1.165, 1.54) is 6.21 Å². The molecule has 0 aliphatic carbocycles. The smallest absolute Gasteiger partial charge is 0.329 e. The highest BCUT2D eigenvalue weighted by Gasteiger charge is 2.22. The molecule has 2 aliphatic rings. The Labute approximate surface area is 134 Å². The van der Waals surface area contributed by atoms with Gasteiger partial charge in [-0.3, -0.25) is 9.59 Å². The molecule has 1 N–H and O–H groups in total. The molecule has 0 aromatic heterocycles. The van der Waals surface area contributed by atoms with E-state index in [1.54, 1.807) is 23.1 Å². The predicted octanol–water partition coefficient (Wildman–Crippen LogP) is 1.27. The highest BCUT2D eigenvalue weighted by Crippen LogP contribution is 2.31. The summed E-state index contributed by atoms with van der Waals surface area (Å²) in [6.07, 6.45) is 5.57. The number of hydrazone groups is 1. The zero-order chi connectivity index (χ0) is 16.1. The molecule has 0 unspecified atom stereocenters. The third kappa shape index (κ3) is 3.80. The first kappa shape index (κ1) is 15.3. The zero-order valence-electron chi connectivity index (χ0n) is 12.8. The quantitative estimate of drug-likeness (QED) is 0.506. The second kappa shape index (κ2) is 7.13. The molecule has 2 aliphatic heterocycles. The van der Waals surface area contributed by atoms with Crippen molar-refractivity contribution in [1.82, 2.24) is 10.3 Å². The maximum atomic E-state index is 12.1. The van der Waals surface area contributed by atoms with Crippen molar-refractivity contribution < 1.29 is 19.1 Å². The van der Waals surface area contributed by atoms with Gasteiger partial charge < -0.3 is 14.4 Å². The van der Waals surface area contributed by atoms with E-state index in [1.807, 2.05) is 0 Å². The molecule has 2 amide bonds. The summed E-state index contributed by atoms with van der Waals surface area (Å²) in [5.41, 5.74) is 3.03. The largest absolute Gasteiger partial charge is 0.454 e. The number of ether oxygens (including phenoxy) is 2. The van der Waals surface area contributed by atoms with E-state index >= 15 is 0 Å². The minimum atomic E-state index is -0.705. The second-order valence-corrected chi connectivity index (χ2v) is 5.52. The molecule has 7 heteroatoms. The van der Waals surface area contributed by atoms with Crippen LogP contribution in [0.4, 0.5) is 0 Å². The van der Waals surface area contributed by atoms with Crippen LogP contribution in [0.25, 0.3) is 0 Å². The molecule has 7 nitrogen and oxygen atoms in total. The third-order valence-corrected chi connectivity index (χ3v) is 3.86. The van der Waals surface area contributed by atoms with Crippen LogP contribution in [0.5, 0.6) is 11.5 Å². The van der Waals surface area contributed by atoms with Crippen LogP contribution in [0.3, 0.4) is 0 Å². The van der Waals surface area contributed by atoms with Gasteiger partial charge in [0, 0.05) is 13.1 Å². The Morgan fingerprint density at radius 2 is 1.83 bits per heavy atom. The Hall–Kier alpha value is -2.57. The Kier molecular flexibility index (Phi) is 4.75. The molecular formula is C16H19N3O4. The summed E-state index contributed by atoms with van der Waals surface area (Å²) in [4.78, 5) is 25.5. The number of hydrogen-bond acceptors (Lipinski definition) is 5. The van der Waals surface area contributed by atoms with Crippen LogP contribution in [-0.2, 0) is 9.59 Å². The van der Waals surface area contributed by atoms with Gasteiger partial charge in [0.15, 0.2) is 11.5 Å². The van der Waals surface area contributed by atoms with E-state index in [2.05, 4.69) is 10.5 Å². The summed E-state index contributed by atoms with van der Waals surface area (Å²) >= 11 is 0. The van der Waals surface area contributed by atoms with E-state index in [0.717, 1.165) is 31.2 Å². The Bertz CT molecular complexity index is 622. The number of amides is 2. The number of benzene rings is 1. The summed E-state index contributed by atoms with van der Waals surface area (Å²) < 4.78 is 10.5. The number of nitrogens with zero attached hydrogens (tertiary/aromatic N) is 2. The van der Waals surface area contributed by atoms with Gasteiger partial charge in [-0.25, -0.2) is 5.43 Å². The SMILES string of the molecule is O=C(N/N=C\c1ccc2c(c1)OCO2)C(=O)N1CCCCCC1. The minimum Gasteiger partial charge on any atom is -0.454 e. The van der Waals surface area contributed by atoms with Crippen LogP contribution in [-0.4, -0.2) is 42.8 Å². The monoisotopic (exact) mass is 317 g/mol. The van der Waals surface area contributed by atoms with Crippen molar-refractivity contribution in [3.05, 3.63) is 23.8 Å². The van der Waals surface area contributed by atoms with Crippen molar-refractivity contribution in [3.8, 4) is 11.5 Å². The van der Waals surface area contributed by atoms with Gasteiger partial charge in [0.1, 0.15) is 0 Å². The van der Waals surface area contributed by atoms with Crippen molar-refractivity contribution >= 4 is 18.0 Å². The molecule has 1 saturated heterocycles. The van der Waals surface area contributed by atoms with Gasteiger partial charge >= 0.3 is 11.8 Å². The fourth-order valence-corrected chi connectivity index (χ4v) is 2.62. The first-order valence-corrected chi connectivity index (χ1v) is 7.76. The highest BCUT2D eigenvalue weighted by molar-refractivity contribution is 6.35. The van der Waals surface area contributed by atoms with Gasteiger partial charge in [-0.2, -0.15) is 5.10 Å². The molecule has 0 spiro atoms. The number of carbonyl (C=O) groups excluding carboxylic acids is 2. The van der Waals surface area contributed by atoms with Gasteiger partial charge in [0.2, 0.25) is 6.79 Å². The van der Waals surface area contributed by atoms with Crippen LogP contribution >= 0.6 is 0 Å². The summed E-state index contributed by atoms with van der Waals surface area (Å²) in [5, 5.41) is 3.84. The van der Waals surface area contributed by atoms with Gasteiger partial charge in [0.05, 0.1) is 6.21 Å². The molecular weight excluding hydrogens is 298 g/mol. The standard InChI is InChI=1S/C16H19N3O4/c20-15(16(21)19-7-3-1-2-4-8-19)18-17-10-12-5-6-13-14(9-12)23-11-22-13/h5-6,9-10H,1-4,7-8,11H2,(H,18,20)/b17-10-. The molecule has 0 bridgehead atoms. The molecule has 1 aromatic carbocycles. The molecule has 1 fully saturated rings. The molecule has 2 heterocycles. The summed E-state index contributed by atoms with van der Waals surface area (Å²) in [6, 6.07) is 5.32. The average molecular weight is 317 g/mol. The van der Waals surface area contributed by atoms with Gasteiger partial charge in [-0.15, -0.1) is 0 Å². The van der Waals surface area contributed by atoms with E-state index in [-0.39, 0.29) is 6.79 Å². The number of nitrogens with one attached hydrogen (secondary N) is 1. The number of hydrogen-bond donors (Lipinski definition) is 1. The molecule has 0 atom stereocenters. The lowest BCUT2D eigenvalue weighted by Gasteiger charge is -2.18. The normalized spacial score (nSPS) is 17.1. The second-order valence-electron chi connectivity index (χ2n) is 5.52. The molecule has 1 aromatic rings. The Morgan fingerprint density at radius 1 is 1.09 bits per heavy atom. The molecule has 3 rings (SSSR count). The van der Waals surface area contributed by atoms with Crippen molar-refractivity contribution in [3.63, 3.8) is 0 Å². The van der Waals surface area contributed by atoms with E-state index in [9.17, 15) is 9.59 Å². The van der Waals surface area contributed by atoms with Crippen LogP contribution in [0, 0.1) is 0 Å². The first-order chi connectivity index (χ1) is 11.2. The van der Waals surface area contributed by atoms with Crippen LogP contribution in [0.1, 0.15) is 31.2 Å². The maximum Gasteiger partial charge on any atom is 0.329 e. The fraction of sp³-hybridized carbons (Fsp3) is 0.438. The highest BCUT2D eigenvalue weighted by atomic mass is 16.7. The fourth-order valence-electron chi connectivity index (χ4n) is 2.62. The lowest BCUT2D eigenvalue weighted by atomic mass is 10.2. The average Bonchev–Trinajstić information content (AvgIpc) is 2.86. The maximum absolute atomic E-state index is 12.1. The van der Waals surface area contributed by atoms with Crippen LogP contribution in [0.15, 0.2) is 23.3 Å². The number of rotatable bonds is 2. The lowest BCUT2D eigenvalue weighted by Crippen LogP contribution is -2.41. The number of carbonyl (C=O) groups is 2.